The summed E-state index contributed by atoms with van der Waals surface area (Å²) in [6.07, 6.45) is 1.24. The molecule has 2 aromatic rings. The minimum Gasteiger partial charge on any atom is -0.504 e. The van der Waals surface area contributed by atoms with E-state index in [0.29, 0.717) is 11.3 Å². The van der Waals surface area contributed by atoms with E-state index in [-0.39, 0.29) is 23.5 Å². The average molecular weight is 342 g/mol. The fourth-order valence-electron chi connectivity index (χ4n) is 2.06. The number of phenolic OH excluding ortho intramolecular Hbond substituents is 2. The molecule has 0 spiro atoms. The Morgan fingerprint density at radius 1 is 1.16 bits per heavy atom. The smallest absolute Gasteiger partial charge is 0.277 e. The molecular formula is C19H22N2O4. The van der Waals surface area contributed by atoms with E-state index in [0.717, 1.165) is 0 Å². The summed E-state index contributed by atoms with van der Waals surface area (Å²) in [5.74, 6) is -0.387. The number of carbonyl (C=O) groups is 1. The van der Waals surface area contributed by atoms with E-state index in [1.807, 2.05) is 24.3 Å². The van der Waals surface area contributed by atoms with Gasteiger partial charge in [0, 0.05) is 5.56 Å². The lowest BCUT2D eigenvalue weighted by Crippen LogP contribution is -2.24. The highest BCUT2D eigenvalue weighted by atomic mass is 16.5. The number of carbonyl (C=O) groups excluding carboxylic acids is 1. The molecule has 2 rings (SSSR count). The number of nitrogens with one attached hydrogen (secondary N) is 1. The number of rotatable bonds is 5. The van der Waals surface area contributed by atoms with Gasteiger partial charge in [0.05, 0.1) is 6.21 Å². The second kappa shape index (κ2) is 7.70. The predicted octanol–water partition coefficient (Wildman–Crippen LogP) is 2.92. The molecule has 2 aromatic carbocycles. The minimum atomic E-state index is -0.434. The molecule has 6 nitrogen and oxygen atoms in total. The van der Waals surface area contributed by atoms with Gasteiger partial charge in [0.2, 0.25) is 0 Å². The molecule has 1 amide bonds. The van der Waals surface area contributed by atoms with Crippen LogP contribution < -0.4 is 10.2 Å². The third-order valence-corrected chi connectivity index (χ3v) is 3.53. The number of para-hydroxylation sites is 1. The first kappa shape index (κ1) is 18.3. The number of amides is 1. The Labute approximate surface area is 146 Å². The van der Waals surface area contributed by atoms with E-state index in [1.165, 1.54) is 17.8 Å². The number of hydrazone groups is 1. The van der Waals surface area contributed by atoms with Gasteiger partial charge in [-0.25, -0.2) is 5.43 Å². The molecule has 0 unspecified atom stereocenters. The van der Waals surface area contributed by atoms with Crippen molar-refractivity contribution in [2.24, 2.45) is 5.10 Å². The van der Waals surface area contributed by atoms with Crippen molar-refractivity contribution in [1.82, 2.24) is 5.43 Å². The van der Waals surface area contributed by atoms with Gasteiger partial charge in [-0.3, -0.25) is 4.79 Å². The van der Waals surface area contributed by atoms with Crippen molar-refractivity contribution in [3.63, 3.8) is 0 Å². The van der Waals surface area contributed by atoms with E-state index in [4.69, 9.17) is 4.74 Å². The largest absolute Gasteiger partial charge is 0.504 e. The molecule has 6 heteroatoms. The summed E-state index contributed by atoms with van der Waals surface area (Å²) in [4.78, 5) is 11.7. The van der Waals surface area contributed by atoms with Gasteiger partial charge in [0.1, 0.15) is 5.75 Å². The monoisotopic (exact) mass is 342 g/mol. The maximum absolute atomic E-state index is 11.7. The van der Waals surface area contributed by atoms with Gasteiger partial charge in [0.25, 0.3) is 5.91 Å². The molecule has 0 fully saturated rings. The van der Waals surface area contributed by atoms with Crippen LogP contribution in [0, 0.1) is 0 Å². The molecule has 25 heavy (non-hydrogen) atoms. The number of hydrogen-bond donors (Lipinski definition) is 3. The van der Waals surface area contributed by atoms with E-state index in [9.17, 15) is 15.0 Å². The lowest BCUT2D eigenvalue weighted by Gasteiger charge is -2.19. The fraction of sp³-hybridized carbons (Fsp3) is 0.263. The molecule has 0 aliphatic rings. The maximum atomic E-state index is 11.7. The van der Waals surface area contributed by atoms with Crippen molar-refractivity contribution in [2.45, 2.75) is 26.2 Å². The summed E-state index contributed by atoms with van der Waals surface area (Å²) in [6.45, 7) is 6.19. The Morgan fingerprint density at radius 3 is 2.48 bits per heavy atom. The number of ether oxygens (including phenoxy) is 1. The maximum Gasteiger partial charge on any atom is 0.277 e. The minimum absolute atomic E-state index is 0.0576. The summed E-state index contributed by atoms with van der Waals surface area (Å²) < 4.78 is 5.41. The number of nitrogens with zero attached hydrogens (tertiary/aromatic N) is 1. The molecule has 0 heterocycles. The van der Waals surface area contributed by atoms with Crippen LogP contribution in [0.1, 0.15) is 31.9 Å². The summed E-state index contributed by atoms with van der Waals surface area (Å²) in [5, 5.41) is 22.7. The van der Waals surface area contributed by atoms with Crippen LogP contribution in [0.25, 0.3) is 0 Å². The average Bonchev–Trinajstić information content (AvgIpc) is 2.56. The molecule has 0 aliphatic carbocycles. The molecule has 0 atom stereocenters. The summed E-state index contributed by atoms with van der Waals surface area (Å²) >= 11 is 0. The van der Waals surface area contributed by atoms with E-state index in [2.05, 4.69) is 31.3 Å². The first-order valence-electron chi connectivity index (χ1n) is 7.83. The molecule has 0 aromatic heterocycles. The molecule has 132 valence electrons. The van der Waals surface area contributed by atoms with Crippen molar-refractivity contribution < 1.29 is 19.7 Å². The standard InChI is InChI=1S/C19H22N2O4/c1-19(2,3)14-7-9-15(10-8-14)25-12-17(23)21-20-11-13-5-4-6-16(22)18(13)24/h4-11,22,24H,12H2,1-3H3,(H,21,23)/b20-11+. The molecular weight excluding hydrogens is 320 g/mol. The van der Waals surface area contributed by atoms with Gasteiger partial charge in [0.15, 0.2) is 18.1 Å². The van der Waals surface area contributed by atoms with Crippen LogP contribution >= 0.6 is 0 Å². The van der Waals surface area contributed by atoms with Crippen LogP contribution in [-0.4, -0.2) is 28.9 Å². The van der Waals surface area contributed by atoms with Gasteiger partial charge >= 0.3 is 0 Å². The summed E-state index contributed by atoms with van der Waals surface area (Å²) in [5.41, 5.74) is 3.83. The molecule has 3 N–H and O–H groups in total. The highest BCUT2D eigenvalue weighted by Gasteiger charge is 2.13. The number of hydrogen-bond acceptors (Lipinski definition) is 5. The number of aromatic hydroxyl groups is 2. The molecule has 0 saturated carbocycles. The Kier molecular flexibility index (Phi) is 5.64. The number of phenols is 2. The lowest BCUT2D eigenvalue weighted by molar-refractivity contribution is -0.123. The van der Waals surface area contributed by atoms with Crippen LogP contribution in [0.15, 0.2) is 47.6 Å². The highest BCUT2D eigenvalue weighted by Crippen LogP contribution is 2.26. The molecule has 0 radical (unpaired) electrons. The Morgan fingerprint density at radius 2 is 1.84 bits per heavy atom. The Hall–Kier alpha value is -3.02. The molecule has 0 saturated heterocycles. The van der Waals surface area contributed by atoms with Crippen LogP contribution in [-0.2, 0) is 10.2 Å². The Bertz CT molecular complexity index is 762. The van der Waals surface area contributed by atoms with Gasteiger partial charge in [-0.05, 0) is 35.2 Å². The van der Waals surface area contributed by atoms with Crippen molar-refractivity contribution >= 4 is 12.1 Å². The SMILES string of the molecule is CC(C)(C)c1ccc(OCC(=O)N/N=C/c2cccc(O)c2O)cc1. The van der Waals surface area contributed by atoms with Gasteiger partial charge in [-0.15, -0.1) is 0 Å². The zero-order valence-corrected chi connectivity index (χ0v) is 14.5. The van der Waals surface area contributed by atoms with Crippen molar-refractivity contribution in [3.05, 3.63) is 53.6 Å². The topological polar surface area (TPSA) is 91.2 Å². The third-order valence-electron chi connectivity index (χ3n) is 3.53. The number of benzene rings is 2. The van der Waals surface area contributed by atoms with Crippen LogP contribution in [0.5, 0.6) is 17.2 Å². The van der Waals surface area contributed by atoms with Crippen LogP contribution in [0.2, 0.25) is 0 Å². The third kappa shape index (κ3) is 5.24. The van der Waals surface area contributed by atoms with Crippen molar-refractivity contribution in [1.29, 1.82) is 0 Å². The quantitative estimate of drug-likeness (QED) is 0.443. The second-order valence-corrected chi connectivity index (χ2v) is 6.57. The van der Waals surface area contributed by atoms with Crippen LogP contribution in [0.4, 0.5) is 0 Å². The first-order valence-corrected chi connectivity index (χ1v) is 7.83. The lowest BCUT2D eigenvalue weighted by atomic mass is 9.87. The second-order valence-electron chi connectivity index (χ2n) is 6.57. The van der Waals surface area contributed by atoms with Gasteiger partial charge in [-0.1, -0.05) is 39.0 Å². The first-order chi connectivity index (χ1) is 11.8. The molecule has 0 bridgehead atoms. The summed E-state index contributed by atoms with van der Waals surface area (Å²) in [6, 6.07) is 12.0. The van der Waals surface area contributed by atoms with Gasteiger partial charge < -0.3 is 14.9 Å². The van der Waals surface area contributed by atoms with Gasteiger partial charge in [-0.2, -0.15) is 5.10 Å². The van der Waals surface area contributed by atoms with E-state index < -0.39 is 5.91 Å². The van der Waals surface area contributed by atoms with Crippen molar-refractivity contribution in [2.75, 3.05) is 6.61 Å². The normalized spacial score (nSPS) is 11.5. The highest BCUT2D eigenvalue weighted by molar-refractivity contribution is 5.86. The zero-order valence-electron chi connectivity index (χ0n) is 14.5. The summed E-state index contributed by atoms with van der Waals surface area (Å²) in [7, 11) is 0. The fourth-order valence-corrected chi connectivity index (χ4v) is 2.06. The van der Waals surface area contributed by atoms with E-state index >= 15 is 0 Å². The predicted molar refractivity (Wildman–Crippen MR) is 96.1 cm³/mol. The Balaban J connectivity index is 1.84. The van der Waals surface area contributed by atoms with E-state index in [1.54, 1.807) is 12.1 Å². The molecule has 0 aliphatic heterocycles. The van der Waals surface area contributed by atoms with Crippen molar-refractivity contribution in [3.8, 4) is 17.2 Å². The zero-order chi connectivity index (χ0) is 18.4. The van der Waals surface area contributed by atoms with Crippen LogP contribution in [0.3, 0.4) is 0 Å².